The van der Waals surface area contributed by atoms with Crippen LogP contribution in [-0.2, 0) is 10.0 Å². The Morgan fingerprint density at radius 3 is 2.44 bits per heavy atom. The van der Waals surface area contributed by atoms with Gasteiger partial charge in [-0.05, 0) is 48.5 Å². The van der Waals surface area contributed by atoms with Crippen molar-refractivity contribution in [3.8, 4) is 17.1 Å². The molecule has 4 rings (SSSR count). The Morgan fingerprint density at radius 2 is 1.81 bits per heavy atom. The lowest BCUT2D eigenvalue weighted by Crippen LogP contribution is -2.11. The number of ether oxygens (including phenoxy) is 1. The van der Waals surface area contributed by atoms with Crippen LogP contribution in [0.3, 0.4) is 0 Å². The van der Waals surface area contributed by atoms with Gasteiger partial charge in [0.15, 0.2) is 10.9 Å². The Morgan fingerprint density at radius 1 is 1.11 bits per heavy atom. The fourth-order valence-corrected chi connectivity index (χ4v) is 3.92. The van der Waals surface area contributed by atoms with Gasteiger partial charge in [0.2, 0.25) is 15.7 Å². The molecule has 0 amide bonds. The number of rotatable bonds is 5. The molecule has 0 aliphatic carbocycles. The van der Waals surface area contributed by atoms with E-state index in [0.29, 0.717) is 22.2 Å². The van der Waals surface area contributed by atoms with Gasteiger partial charge < -0.3 is 14.6 Å². The second-order valence-corrected chi connectivity index (χ2v) is 8.17. The molecule has 0 spiro atoms. The summed E-state index contributed by atoms with van der Waals surface area (Å²) < 4.78 is 34.0. The summed E-state index contributed by atoms with van der Waals surface area (Å²) >= 11 is 1.39. The SMILES string of the molecule is COc1ccc(-c2onc3nc(Nc4ccc(S(N)(=O)=O)cc4)sc23)cc1. The quantitative estimate of drug-likeness (QED) is 0.525. The summed E-state index contributed by atoms with van der Waals surface area (Å²) in [7, 11) is -2.11. The molecule has 0 bridgehead atoms. The van der Waals surface area contributed by atoms with E-state index < -0.39 is 10.0 Å². The number of aromatic nitrogens is 2. The van der Waals surface area contributed by atoms with Crippen LogP contribution in [0.25, 0.3) is 21.7 Å². The highest BCUT2D eigenvalue weighted by Gasteiger charge is 2.16. The Labute approximate surface area is 158 Å². The topological polar surface area (TPSA) is 120 Å². The summed E-state index contributed by atoms with van der Waals surface area (Å²) in [5, 5.41) is 12.8. The van der Waals surface area contributed by atoms with Crippen molar-refractivity contribution in [2.75, 3.05) is 12.4 Å². The maximum Gasteiger partial charge on any atom is 0.238 e. The highest BCUT2D eigenvalue weighted by Crippen LogP contribution is 2.36. The molecule has 0 saturated heterocycles. The molecule has 2 aromatic heterocycles. The zero-order chi connectivity index (χ0) is 19.0. The number of nitrogens with zero attached hydrogens (tertiary/aromatic N) is 2. The number of anilines is 2. The first-order valence-corrected chi connectivity index (χ1v) is 10.1. The molecule has 27 heavy (non-hydrogen) atoms. The van der Waals surface area contributed by atoms with Gasteiger partial charge in [-0.2, -0.15) is 4.98 Å². The van der Waals surface area contributed by atoms with Crippen molar-refractivity contribution in [3.63, 3.8) is 0 Å². The lowest BCUT2D eigenvalue weighted by Gasteiger charge is -2.03. The monoisotopic (exact) mass is 402 g/mol. The Balaban J connectivity index is 1.61. The number of thiazole rings is 1. The van der Waals surface area contributed by atoms with Gasteiger partial charge in [0, 0.05) is 11.3 Å². The van der Waals surface area contributed by atoms with Gasteiger partial charge >= 0.3 is 0 Å². The van der Waals surface area contributed by atoms with E-state index in [4.69, 9.17) is 14.4 Å². The van der Waals surface area contributed by atoms with E-state index in [9.17, 15) is 8.42 Å². The zero-order valence-electron chi connectivity index (χ0n) is 14.0. The first-order chi connectivity index (χ1) is 12.9. The Bertz CT molecular complexity index is 1200. The molecule has 0 aliphatic heterocycles. The number of nitrogens with two attached hydrogens (primary N) is 1. The van der Waals surface area contributed by atoms with Crippen LogP contribution < -0.4 is 15.2 Å². The summed E-state index contributed by atoms with van der Waals surface area (Å²) in [6.45, 7) is 0. The van der Waals surface area contributed by atoms with Crippen LogP contribution in [0.5, 0.6) is 5.75 Å². The van der Waals surface area contributed by atoms with E-state index in [0.717, 1.165) is 16.0 Å². The molecule has 2 heterocycles. The minimum Gasteiger partial charge on any atom is -0.497 e. The first kappa shape index (κ1) is 17.5. The predicted octanol–water partition coefficient (Wildman–Crippen LogP) is 3.35. The van der Waals surface area contributed by atoms with Crippen LogP contribution in [0.2, 0.25) is 0 Å². The van der Waals surface area contributed by atoms with Crippen LogP contribution in [0.15, 0.2) is 57.9 Å². The van der Waals surface area contributed by atoms with Crippen molar-refractivity contribution < 1.29 is 17.7 Å². The van der Waals surface area contributed by atoms with Crippen molar-refractivity contribution in [2.24, 2.45) is 5.14 Å². The number of benzene rings is 2. The molecule has 4 aromatic rings. The Kier molecular flexibility index (Phi) is 4.30. The molecule has 0 fully saturated rings. The van der Waals surface area contributed by atoms with E-state index in [1.807, 2.05) is 24.3 Å². The summed E-state index contributed by atoms with van der Waals surface area (Å²) in [4.78, 5) is 4.44. The first-order valence-electron chi connectivity index (χ1n) is 7.74. The van der Waals surface area contributed by atoms with E-state index in [2.05, 4.69) is 15.5 Å². The molecule has 2 aromatic carbocycles. The average molecular weight is 402 g/mol. The van der Waals surface area contributed by atoms with Crippen molar-refractivity contribution >= 4 is 42.5 Å². The third-order valence-electron chi connectivity index (χ3n) is 3.83. The highest BCUT2D eigenvalue weighted by atomic mass is 32.2. The number of fused-ring (bicyclic) bond motifs is 1. The van der Waals surface area contributed by atoms with Crippen LogP contribution in [0, 0.1) is 0 Å². The van der Waals surface area contributed by atoms with Crippen molar-refractivity contribution in [2.45, 2.75) is 4.90 Å². The minimum atomic E-state index is -3.72. The molecule has 10 heteroatoms. The fraction of sp³-hybridized carbons (Fsp3) is 0.0588. The van der Waals surface area contributed by atoms with Crippen LogP contribution in [0.4, 0.5) is 10.8 Å². The lowest BCUT2D eigenvalue weighted by atomic mass is 10.2. The third kappa shape index (κ3) is 3.50. The normalized spacial score (nSPS) is 11.6. The maximum atomic E-state index is 11.3. The number of primary sulfonamides is 1. The second-order valence-electron chi connectivity index (χ2n) is 5.61. The zero-order valence-corrected chi connectivity index (χ0v) is 15.7. The van der Waals surface area contributed by atoms with Crippen molar-refractivity contribution in [3.05, 3.63) is 48.5 Å². The predicted molar refractivity (Wildman–Crippen MR) is 103 cm³/mol. The molecular weight excluding hydrogens is 388 g/mol. The largest absolute Gasteiger partial charge is 0.497 e. The summed E-state index contributed by atoms with van der Waals surface area (Å²) in [5.74, 6) is 1.38. The van der Waals surface area contributed by atoms with Gasteiger partial charge in [-0.25, -0.2) is 13.6 Å². The summed E-state index contributed by atoms with van der Waals surface area (Å²) in [6, 6.07) is 13.6. The van der Waals surface area contributed by atoms with E-state index in [1.165, 1.54) is 23.5 Å². The fourth-order valence-electron chi connectivity index (χ4n) is 2.48. The molecule has 8 nitrogen and oxygen atoms in total. The van der Waals surface area contributed by atoms with Gasteiger partial charge in [-0.15, -0.1) is 0 Å². The molecule has 3 N–H and O–H groups in total. The average Bonchev–Trinajstić information content (AvgIpc) is 3.21. The van der Waals surface area contributed by atoms with Gasteiger partial charge in [-0.1, -0.05) is 16.5 Å². The standard InChI is InChI=1S/C17H14N4O4S2/c1-24-12-6-2-10(3-7-12)14-15-16(21-25-14)20-17(26-15)19-11-4-8-13(9-5-11)27(18,22)23/h2-9H,1H3,(H2,18,22,23)(H,19,20,21). The smallest absolute Gasteiger partial charge is 0.238 e. The van der Waals surface area contributed by atoms with Crippen molar-refractivity contribution in [1.29, 1.82) is 0 Å². The molecule has 0 atom stereocenters. The molecule has 138 valence electrons. The summed E-state index contributed by atoms with van der Waals surface area (Å²) in [6.07, 6.45) is 0. The molecule has 0 aliphatic rings. The van der Waals surface area contributed by atoms with Gasteiger partial charge in [0.25, 0.3) is 0 Å². The molecule has 0 radical (unpaired) electrons. The van der Waals surface area contributed by atoms with Gasteiger partial charge in [0.1, 0.15) is 10.4 Å². The van der Waals surface area contributed by atoms with Crippen LogP contribution in [0.1, 0.15) is 0 Å². The number of methoxy groups -OCH3 is 1. The van der Waals surface area contributed by atoms with E-state index in [-0.39, 0.29) is 4.90 Å². The van der Waals surface area contributed by atoms with E-state index in [1.54, 1.807) is 19.2 Å². The number of sulfonamides is 1. The molecule has 0 saturated carbocycles. The maximum absolute atomic E-state index is 11.3. The summed E-state index contributed by atoms with van der Waals surface area (Å²) in [5.41, 5.74) is 2.04. The number of hydrogen-bond donors (Lipinski definition) is 2. The molecule has 0 unspecified atom stereocenters. The lowest BCUT2D eigenvalue weighted by molar-refractivity contribution is 0.414. The van der Waals surface area contributed by atoms with Crippen LogP contribution in [-0.4, -0.2) is 25.7 Å². The van der Waals surface area contributed by atoms with Crippen LogP contribution >= 0.6 is 11.3 Å². The number of hydrogen-bond acceptors (Lipinski definition) is 8. The van der Waals surface area contributed by atoms with E-state index >= 15 is 0 Å². The van der Waals surface area contributed by atoms with Gasteiger partial charge in [0.05, 0.1) is 12.0 Å². The second kappa shape index (κ2) is 6.65. The van der Waals surface area contributed by atoms with Gasteiger partial charge in [-0.3, -0.25) is 0 Å². The van der Waals surface area contributed by atoms with Crippen molar-refractivity contribution in [1.82, 2.24) is 10.1 Å². The number of nitrogens with one attached hydrogen (secondary N) is 1. The third-order valence-corrected chi connectivity index (χ3v) is 5.71. The minimum absolute atomic E-state index is 0.0493. The Hall–Kier alpha value is -2.95. The highest BCUT2D eigenvalue weighted by molar-refractivity contribution is 7.89. The molecular formula is C17H14N4O4S2.